The average molecular weight is 215 g/mol. The van der Waals surface area contributed by atoms with Gasteiger partial charge in [-0.15, -0.1) is 11.8 Å². The summed E-state index contributed by atoms with van der Waals surface area (Å²) in [6, 6.07) is 6.63. The Balaban J connectivity index is 2.21. The molecular formula is C10H11F2NS. The van der Waals surface area contributed by atoms with Gasteiger partial charge >= 0.3 is 0 Å². The van der Waals surface area contributed by atoms with E-state index in [-0.39, 0.29) is 10.9 Å². The molecule has 1 aromatic rings. The molecule has 0 spiro atoms. The molecule has 1 fully saturated rings. The zero-order valence-electron chi connectivity index (χ0n) is 7.54. The second kappa shape index (κ2) is 4.28. The van der Waals surface area contributed by atoms with E-state index in [1.165, 1.54) is 6.07 Å². The summed E-state index contributed by atoms with van der Waals surface area (Å²) in [5, 5.41) is 3.45. The number of nitrogens with one attached hydrogen (secondary N) is 1. The van der Waals surface area contributed by atoms with Crippen LogP contribution in [0.5, 0.6) is 0 Å². The molecule has 2 rings (SSSR count). The highest BCUT2D eigenvalue weighted by atomic mass is 32.2. The van der Waals surface area contributed by atoms with E-state index in [9.17, 15) is 8.78 Å². The molecule has 1 nitrogen and oxygen atoms in total. The molecule has 4 heteroatoms. The third-order valence-corrected chi connectivity index (χ3v) is 3.39. The topological polar surface area (TPSA) is 12.0 Å². The number of benzene rings is 1. The molecule has 1 unspecified atom stereocenters. The van der Waals surface area contributed by atoms with Crippen LogP contribution >= 0.6 is 11.8 Å². The van der Waals surface area contributed by atoms with Gasteiger partial charge in [0.1, 0.15) is 0 Å². The number of hydrogen-bond acceptors (Lipinski definition) is 2. The summed E-state index contributed by atoms with van der Waals surface area (Å²) in [5.41, 5.74) is 1.06. The van der Waals surface area contributed by atoms with Gasteiger partial charge in [-0.1, -0.05) is 18.2 Å². The summed E-state index contributed by atoms with van der Waals surface area (Å²) in [6.07, 6.45) is -2.37. The molecular weight excluding hydrogens is 204 g/mol. The summed E-state index contributed by atoms with van der Waals surface area (Å²) in [4.78, 5) is 0. The first-order valence-electron chi connectivity index (χ1n) is 4.50. The first kappa shape index (κ1) is 9.93. The van der Waals surface area contributed by atoms with E-state index in [0.717, 1.165) is 17.9 Å². The summed E-state index contributed by atoms with van der Waals surface area (Å²) >= 11 is 1.76. The lowest BCUT2D eigenvalue weighted by molar-refractivity contribution is 0.151. The largest absolute Gasteiger partial charge is 0.301 e. The Labute approximate surface area is 85.9 Å². The molecule has 0 bridgehead atoms. The molecule has 0 aromatic heterocycles. The molecule has 1 N–H and O–H groups in total. The van der Waals surface area contributed by atoms with Crippen LogP contribution in [0.3, 0.4) is 0 Å². The fourth-order valence-corrected chi connectivity index (χ4v) is 2.54. The van der Waals surface area contributed by atoms with Crippen LogP contribution in [0, 0.1) is 0 Å². The molecule has 76 valence electrons. The Morgan fingerprint density at radius 2 is 2.29 bits per heavy atom. The Bertz CT molecular complexity index is 311. The second-order valence-electron chi connectivity index (χ2n) is 3.18. The van der Waals surface area contributed by atoms with Crippen molar-refractivity contribution in [1.29, 1.82) is 0 Å². The number of halogens is 2. The van der Waals surface area contributed by atoms with Crippen molar-refractivity contribution in [1.82, 2.24) is 5.32 Å². The maximum atomic E-state index is 12.4. The quantitative estimate of drug-likeness (QED) is 0.814. The van der Waals surface area contributed by atoms with E-state index in [4.69, 9.17) is 0 Å². The minimum atomic E-state index is -2.37. The second-order valence-corrected chi connectivity index (χ2v) is 4.39. The van der Waals surface area contributed by atoms with Gasteiger partial charge in [0.25, 0.3) is 6.43 Å². The molecule has 1 aliphatic heterocycles. The standard InChI is InChI=1S/C10H11F2NS/c11-9(12)7-2-1-3-8(6-7)10-13-4-5-14-10/h1-3,6,9-10,13H,4-5H2. The van der Waals surface area contributed by atoms with Crippen molar-refractivity contribution in [2.45, 2.75) is 11.8 Å². The van der Waals surface area contributed by atoms with E-state index >= 15 is 0 Å². The Hall–Kier alpha value is -0.610. The number of thioether (sulfide) groups is 1. The average Bonchev–Trinajstić information content (AvgIpc) is 2.71. The van der Waals surface area contributed by atoms with Gasteiger partial charge in [-0.2, -0.15) is 0 Å². The van der Waals surface area contributed by atoms with Gasteiger partial charge in [0.05, 0.1) is 5.37 Å². The van der Waals surface area contributed by atoms with Gasteiger partial charge in [-0.25, -0.2) is 8.78 Å². The third-order valence-electron chi connectivity index (χ3n) is 2.18. The van der Waals surface area contributed by atoms with Crippen LogP contribution < -0.4 is 5.32 Å². The molecule has 0 saturated carbocycles. The number of rotatable bonds is 2. The Morgan fingerprint density at radius 1 is 1.43 bits per heavy atom. The molecule has 1 saturated heterocycles. The van der Waals surface area contributed by atoms with E-state index < -0.39 is 6.43 Å². The SMILES string of the molecule is FC(F)c1cccc(C2NCCS2)c1. The first-order valence-corrected chi connectivity index (χ1v) is 5.55. The molecule has 1 heterocycles. The van der Waals surface area contributed by atoms with Crippen molar-refractivity contribution in [3.63, 3.8) is 0 Å². The highest BCUT2D eigenvalue weighted by Gasteiger charge is 2.17. The van der Waals surface area contributed by atoms with E-state index in [1.807, 2.05) is 6.07 Å². The highest BCUT2D eigenvalue weighted by Crippen LogP contribution is 2.31. The molecule has 1 atom stereocenters. The first-order chi connectivity index (χ1) is 6.77. The van der Waals surface area contributed by atoms with Gasteiger partial charge in [0, 0.05) is 17.9 Å². The van der Waals surface area contributed by atoms with Crippen LogP contribution in [0.25, 0.3) is 0 Å². The van der Waals surface area contributed by atoms with Gasteiger partial charge in [-0.3, -0.25) is 0 Å². The Morgan fingerprint density at radius 3 is 2.93 bits per heavy atom. The van der Waals surface area contributed by atoms with Gasteiger partial charge in [0.2, 0.25) is 0 Å². The minimum Gasteiger partial charge on any atom is -0.301 e. The lowest BCUT2D eigenvalue weighted by Crippen LogP contribution is -2.12. The molecule has 0 radical (unpaired) electrons. The number of alkyl halides is 2. The molecule has 1 aromatic carbocycles. The smallest absolute Gasteiger partial charge is 0.263 e. The lowest BCUT2D eigenvalue weighted by Gasteiger charge is -2.10. The lowest BCUT2D eigenvalue weighted by atomic mass is 10.1. The van der Waals surface area contributed by atoms with Crippen molar-refractivity contribution in [2.75, 3.05) is 12.3 Å². The molecule has 1 aliphatic rings. The van der Waals surface area contributed by atoms with Crippen LogP contribution in [-0.4, -0.2) is 12.3 Å². The minimum absolute atomic E-state index is 0.108. The van der Waals surface area contributed by atoms with Crippen LogP contribution in [0.2, 0.25) is 0 Å². The van der Waals surface area contributed by atoms with Crippen molar-refractivity contribution < 1.29 is 8.78 Å². The highest BCUT2D eigenvalue weighted by molar-refractivity contribution is 7.99. The normalized spacial score (nSPS) is 21.8. The summed E-state index contributed by atoms with van der Waals surface area (Å²) in [5.74, 6) is 1.05. The van der Waals surface area contributed by atoms with Gasteiger partial charge < -0.3 is 5.32 Å². The van der Waals surface area contributed by atoms with Gasteiger partial charge in [-0.05, 0) is 11.6 Å². The zero-order chi connectivity index (χ0) is 9.97. The molecule has 14 heavy (non-hydrogen) atoms. The summed E-state index contributed by atoms with van der Waals surface area (Å²) < 4.78 is 24.8. The van der Waals surface area contributed by atoms with E-state index in [1.54, 1.807) is 23.9 Å². The monoisotopic (exact) mass is 215 g/mol. The maximum Gasteiger partial charge on any atom is 0.263 e. The predicted molar refractivity (Wildman–Crippen MR) is 54.6 cm³/mol. The summed E-state index contributed by atoms with van der Waals surface area (Å²) in [6.45, 7) is 0.953. The van der Waals surface area contributed by atoms with Crippen LogP contribution in [0.15, 0.2) is 24.3 Å². The third kappa shape index (κ3) is 2.07. The fourth-order valence-electron chi connectivity index (χ4n) is 1.50. The number of hydrogen-bond donors (Lipinski definition) is 1. The molecule has 0 aliphatic carbocycles. The van der Waals surface area contributed by atoms with Crippen molar-refractivity contribution in [3.8, 4) is 0 Å². The van der Waals surface area contributed by atoms with E-state index in [2.05, 4.69) is 5.32 Å². The zero-order valence-corrected chi connectivity index (χ0v) is 8.36. The van der Waals surface area contributed by atoms with Crippen LogP contribution in [0.1, 0.15) is 22.9 Å². The molecule has 0 amide bonds. The Kier molecular flexibility index (Phi) is 3.03. The van der Waals surface area contributed by atoms with Crippen molar-refractivity contribution >= 4 is 11.8 Å². The fraction of sp³-hybridized carbons (Fsp3) is 0.400. The predicted octanol–water partition coefficient (Wildman–Crippen LogP) is 2.96. The van der Waals surface area contributed by atoms with Crippen molar-refractivity contribution in [3.05, 3.63) is 35.4 Å². The maximum absolute atomic E-state index is 12.4. The van der Waals surface area contributed by atoms with Gasteiger partial charge in [0.15, 0.2) is 0 Å². The van der Waals surface area contributed by atoms with Crippen molar-refractivity contribution in [2.24, 2.45) is 0 Å². The van der Waals surface area contributed by atoms with Crippen LogP contribution in [0.4, 0.5) is 8.78 Å². The van der Waals surface area contributed by atoms with E-state index in [0.29, 0.717) is 0 Å². The summed E-state index contributed by atoms with van der Waals surface area (Å²) in [7, 11) is 0. The van der Waals surface area contributed by atoms with Crippen LogP contribution in [-0.2, 0) is 0 Å².